The molecule has 7 N–H and O–H groups in total. The summed E-state index contributed by atoms with van der Waals surface area (Å²) in [7, 11) is -3.60. The summed E-state index contributed by atoms with van der Waals surface area (Å²) in [5.74, 6) is 0.126. The number of sulfonamides is 1. The van der Waals surface area contributed by atoms with Crippen LogP contribution in [0.5, 0.6) is 0 Å². The van der Waals surface area contributed by atoms with Gasteiger partial charge >= 0.3 is 0 Å². The van der Waals surface area contributed by atoms with Crippen molar-refractivity contribution < 1.29 is 13.6 Å². The number of anilines is 2. The van der Waals surface area contributed by atoms with Crippen molar-refractivity contribution in [2.75, 3.05) is 42.6 Å². The molecule has 0 radical (unpaired) electrons. The van der Waals surface area contributed by atoms with E-state index in [-0.39, 0.29) is 18.3 Å². The second-order valence-electron chi connectivity index (χ2n) is 7.65. The normalized spacial score (nSPS) is 21.5. The van der Waals surface area contributed by atoms with Crippen LogP contribution in [-0.2, 0) is 22.9 Å². The van der Waals surface area contributed by atoms with E-state index in [1.54, 1.807) is 0 Å². The van der Waals surface area contributed by atoms with Crippen LogP contribution >= 0.6 is 0 Å². The fourth-order valence-electron chi connectivity index (χ4n) is 3.91. The molecule has 1 atom stereocenters. The Hall–Kier alpha value is -2.60. The molecule has 1 fully saturated rings. The number of piperazine rings is 1. The van der Waals surface area contributed by atoms with Gasteiger partial charge in [0.2, 0.25) is 10.0 Å². The molecule has 0 aliphatic carbocycles. The standard InChI is InChI=1S/C19H27N7O3S/c20-18-13(3-9-30(21,28)29)11-17(25-5-7-26(27)8-6-25)16(24-18)10-14-12-23-19-15(14)2-1-4-22-19/h1-2,4,11-12,19,22-23,27H,3,5-10H2,(H2,20,24)(H2,21,28,29). The molecule has 10 nitrogen and oxygen atoms in total. The molecule has 4 heterocycles. The zero-order chi connectivity index (χ0) is 21.3. The molecule has 162 valence electrons. The Morgan fingerprint density at radius 1 is 1.23 bits per heavy atom. The molecule has 4 rings (SSSR count). The summed E-state index contributed by atoms with van der Waals surface area (Å²) in [5.41, 5.74) is 10.8. The first-order chi connectivity index (χ1) is 14.3. The van der Waals surface area contributed by atoms with Crippen molar-refractivity contribution in [2.24, 2.45) is 5.14 Å². The highest BCUT2D eigenvalue weighted by Crippen LogP contribution is 2.31. The van der Waals surface area contributed by atoms with E-state index in [1.165, 1.54) is 5.06 Å². The number of aromatic nitrogens is 1. The van der Waals surface area contributed by atoms with Crippen molar-refractivity contribution in [1.29, 1.82) is 0 Å². The molecule has 0 spiro atoms. The molecule has 1 saturated heterocycles. The van der Waals surface area contributed by atoms with Crippen molar-refractivity contribution in [3.05, 3.63) is 53.0 Å². The Labute approximate surface area is 175 Å². The van der Waals surface area contributed by atoms with Crippen molar-refractivity contribution in [3.63, 3.8) is 0 Å². The summed E-state index contributed by atoms with van der Waals surface area (Å²) in [6.45, 7) is 2.30. The number of hydrogen-bond acceptors (Lipinski definition) is 9. The second-order valence-corrected chi connectivity index (χ2v) is 9.38. The molecule has 3 aliphatic rings. The fourth-order valence-corrected chi connectivity index (χ4v) is 4.41. The van der Waals surface area contributed by atoms with E-state index in [2.05, 4.69) is 26.6 Å². The minimum atomic E-state index is -3.60. The smallest absolute Gasteiger partial charge is 0.209 e. The van der Waals surface area contributed by atoms with E-state index < -0.39 is 10.0 Å². The molecule has 30 heavy (non-hydrogen) atoms. The molecule has 0 saturated carbocycles. The van der Waals surface area contributed by atoms with E-state index in [0.29, 0.717) is 44.0 Å². The molecule has 1 aromatic rings. The van der Waals surface area contributed by atoms with E-state index in [1.807, 2.05) is 24.5 Å². The predicted octanol–water partition coefficient (Wildman–Crippen LogP) is -0.595. The van der Waals surface area contributed by atoms with E-state index in [0.717, 1.165) is 22.5 Å². The second kappa shape index (κ2) is 8.26. The highest BCUT2D eigenvalue weighted by Gasteiger charge is 2.26. The number of aryl methyl sites for hydroxylation is 1. The van der Waals surface area contributed by atoms with E-state index in [9.17, 15) is 13.6 Å². The van der Waals surface area contributed by atoms with Gasteiger partial charge in [0.1, 0.15) is 12.0 Å². The summed E-state index contributed by atoms with van der Waals surface area (Å²) < 4.78 is 22.8. The first kappa shape index (κ1) is 20.7. The minimum Gasteiger partial charge on any atom is -0.383 e. The average molecular weight is 434 g/mol. The lowest BCUT2D eigenvalue weighted by Gasteiger charge is -2.34. The fraction of sp³-hybridized carbons (Fsp3) is 0.421. The van der Waals surface area contributed by atoms with Crippen LogP contribution < -0.4 is 26.4 Å². The largest absolute Gasteiger partial charge is 0.383 e. The minimum absolute atomic E-state index is 0.0535. The van der Waals surface area contributed by atoms with Gasteiger partial charge in [0.15, 0.2) is 0 Å². The van der Waals surface area contributed by atoms with E-state index in [4.69, 9.17) is 10.9 Å². The summed E-state index contributed by atoms with van der Waals surface area (Å²) >= 11 is 0. The monoisotopic (exact) mass is 433 g/mol. The molecule has 1 aromatic heterocycles. The quantitative estimate of drug-likeness (QED) is 0.396. The maximum absolute atomic E-state index is 11.4. The van der Waals surface area contributed by atoms with Gasteiger partial charge in [-0.25, -0.2) is 18.5 Å². The lowest BCUT2D eigenvalue weighted by Crippen LogP contribution is -2.45. The van der Waals surface area contributed by atoms with Crippen LogP contribution in [-0.4, -0.2) is 61.8 Å². The number of rotatable bonds is 6. The van der Waals surface area contributed by atoms with E-state index >= 15 is 0 Å². The van der Waals surface area contributed by atoms with Gasteiger partial charge in [-0.1, -0.05) is 6.08 Å². The van der Waals surface area contributed by atoms with Gasteiger partial charge in [-0.05, 0) is 41.5 Å². The van der Waals surface area contributed by atoms with Crippen LogP contribution in [0.15, 0.2) is 41.8 Å². The van der Waals surface area contributed by atoms with Crippen LogP contribution in [0.4, 0.5) is 11.5 Å². The van der Waals surface area contributed by atoms with Gasteiger partial charge in [0.05, 0.1) is 17.1 Å². The first-order valence-corrected chi connectivity index (χ1v) is 11.6. The highest BCUT2D eigenvalue weighted by molar-refractivity contribution is 7.89. The number of nitrogen functional groups attached to an aromatic ring is 1. The van der Waals surface area contributed by atoms with Crippen molar-refractivity contribution in [3.8, 4) is 0 Å². The van der Waals surface area contributed by atoms with Gasteiger partial charge in [-0.15, -0.1) is 0 Å². The average Bonchev–Trinajstić information content (AvgIpc) is 3.10. The first-order valence-electron chi connectivity index (χ1n) is 9.86. The molecule has 0 aromatic carbocycles. The maximum Gasteiger partial charge on any atom is 0.209 e. The number of allylic oxidation sites excluding steroid dienone is 2. The zero-order valence-electron chi connectivity index (χ0n) is 16.6. The number of primary sulfonamides is 1. The lowest BCUT2D eigenvalue weighted by molar-refractivity contribution is -0.0935. The number of nitrogens with one attached hydrogen (secondary N) is 2. The van der Waals surface area contributed by atoms with Gasteiger partial charge in [-0.2, -0.15) is 5.06 Å². The number of dihydropyridines is 1. The van der Waals surface area contributed by atoms with Crippen LogP contribution in [0.1, 0.15) is 11.3 Å². The Balaban J connectivity index is 1.65. The molecular formula is C19H27N7O3S. The third kappa shape index (κ3) is 4.59. The van der Waals surface area contributed by atoms with Crippen LogP contribution in [0.2, 0.25) is 0 Å². The van der Waals surface area contributed by atoms with Crippen molar-refractivity contribution >= 4 is 21.5 Å². The number of pyridine rings is 1. The van der Waals surface area contributed by atoms with Gasteiger partial charge in [-0.3, -0.25) is 0 Å². The highest BCUT2D eigenvalue weighted by atomic mass is 32.2. The Morgan fingerprint density at radius 2 is 2.00 bits per heavy atom. The Bertz CT molecular complexity index is 1010. The molecule has 3 aliphatic heterocycles. The summed E-state index contributed by atoms with van der Waals surface area (Å²) in [4.78, 5) is 6.81. The van der Waals surface area contributed by atoms with Crippen LogP contribution in [0, 0.1) is 0 Å². The van der Waals surface area contributed by atoms with Crippen molar-refractivity contribution in [2.45, 2.75) is 19.0 Å². The zero-order valence-corrected chi connectivity index (χ0v) is 17.4. The summed E-state index contributed by atoms with van der Waals surface area (Å²) in [6.07, 6.45) is 8.76. The number of nitrogens with two attached hydrogens (primary N) is 2. The topological polar surface area (TPSA) is 150 Å². The molecule has 0 bridgehead atoms. The van der Waals surface area contributed by atoms with Gasteiger partial charge < -0.3 is 26.5 Å². The van der Waals surface area contributed by atoms with Crippen LogP contribution in [0.25, 0.3) is 0 Å². The number of hydroxylamine groups is 2. The number of nitrogens with zero attached hydrogens (tertiary/aromatic N) is 3. The van der Waals surface area contributed by atoms with Crippen LogP contribution in [0.3, 0.4) is 0 Å². The predicted molar refractivity (Wildman–Crippen MR) is 115 cm³/mol. The third-order valence-corrected chi connectivity index (χ3v) is 6.32. The van der Waals surface area contributed by atoms with Crippen molar-refractivity contribution in [1.82, 2.24) is 20.7 Å². The number of fused-ring (bicyclic) bond motifs is 1. The third-order valence-electron chi connectivity index (χ3n) is 5.54. The molecule has 1 unspecified atom stereocenters. The maximum atomic E-state index is 11.4. The van der Waals surface area contributed by atoms with Gasteiger partial charge in [0.25, 0.3) is 0 Å². The lowest BCUT2D eigenvalue weighted by atomic mass is 9.98. The SMILES string of the molecule is Nc1nc(CC2=CNC3NC=CC=C23)c(N2CCN(O)CC2)cc1CCS(N)(=O)=O. The number of hydrogen-bond donors (Lipinski definition) is 5. The van der Waals surface area contributed by atoms with Gasteiger partial charge in [0, 0.05) is 38.8 Å². The molecule has 11 heteroatoms. The summed E-state index contributed by atoms with van der Waals surface area (Å²) in [5, 5.41) is 22.8. The summed E-state index contributed by atoms with van der Waals surface area (Å²) in [6, 6.07) is 1.92. The molecular weight excluding hydrogens is 406 g/mol. The molecule has 0 amide bonds. The Morgan fingerprint density at radius 3 is 2.73 bits per heavy atom. The Kier molecular flexibility index (Phi) is 5.69.